The number of halogens is 1. The van der Waals surface area contributed by atoms with Crippen LogP contribution < -0.4 is 10.6 Å². The van der Waals surface area contributed by atoms with Crippen LogP contribution in [0.25, 0.3) is 0 Å². The van der Waals surface area contributed by atoms with Crippen molar-refractivity contribution in [2.75, 3.05) is 25.5 Å². The number of carbonyl (C=O) groups is 4. The zero-order chi connectivity index (χ0) is 26.1. The summed E-state index contributed by atoms with van der Waals surface area (Å²) in [5.41, 5.74) is -1.35. The minimum Gasteiger partial charge on any atom is -0.342 e. The summed E-state index contributed by atoms with van der Waals surface area (Å²) in [5, 5.41) is 14.8. The molecular formula is C26H32FN5O4. The van der Waals surface area contributed by atoms with Crippen molar-refractivity contribution in [3.8, 4) is 6.07 Å². The number of alkyl halides is 1. The Morgan fingerprint density at radius 1 is 1.22 bits per heavy atom. The highest BCUT2D eigenvalue weighted by Crippen LogP contribution is 2.61. The molecule has 0 bridgehead atoms. The van der Waals surface area contributed by atoms with Crippen LogP contribution in [-0.4, -0.2) is 71.3 Å². The molecule has 1 heterocycles. The van der Waals surface area contributed by atoms with Crippen LogP contribution in [0.3, 0.4) is 0 Å². The molecule has 1 aromatic rings. The van der Waals surface area contributed by atoms with Gasteiger partial charge in [0.25, 0.3) is 5.91 Å². The molecule has 4 rings (SSSR count). The van der Waals surface area contributed by atoms with Crippen LogP contribution >= 0.6 is 0 Å². The number of nitrogens with zero attached hydrogens (tertiary/aromatic N) is 3. The van der Waals surface area contributed by atoms with Gasteiger partial charge >= 0.3 is 0 Å². The fraction of sp³-hybridized carbons (Fsp3) is 0.577. The molecule has 2 aliphatic carbocycles. The maximum atomic E-state index is 14.9. The Labute approximate surface area is 210 Å². The van der Waals surface area contributed by atoms with Crippen molar-refractivity contribution < 1.29 is 23.6 Å². The maximum Gasteiger partial charge on any atom is 0.258 e. The number of hydrogen-bond acceptors (Lipinski definition) is 5. The summed E-state index contributed by atoms with van der Waals surface area (Å²) in [7, 11) is 1.41. The van der Waals surface area contributed by atoms with Crippen LogP contribution in [0.2, 0.25) is 0 Å². The van der Waals surface area contributed by atoms with Crippen molar-refractivity contribution in [3.63, 3.8) is 0 Å². The third-order valence-corrected chi connectivity index (χ3v) is 7.78. The van der Waals surface area contributed by atoms with Crippen LogP contribution in [0.5, 0.6) is 0 Å². The average Bonchev–Trinajstić information content (AvgIpc) is 3.25. The van der Waals surface area contributed by atoms with E-state index in [0.29, 0.717) is 5.69 Å². The molecule has 36 heavy (non-hydrogen) atoms. The van der Waals surface area contributed by atoms with Crippen LogP contribution in [0.1, 0.15) is 45.4 Å². The lowest BCUT2D eigenvalue weighted by Gasteiger charge is -2.56. The third kappa shape index (κ3) is 5.06. The minimum atomic E-state index is -1.94. The summed E-state index contributed by atoms with van der Waals surface area (Å²) in [6.07, 6.45) is 3.55. The van der Waals surface area contributed by atoms with Gasteiger partial charge in [-0.2, -0.15) is 5.26 Å². The van der Waals surface area contributed by atoms with Gasteiger partial charge in [0, 0.05) is 19.3 Å². The summed E-state index contributed by atoms with van der Waals surface area (Å²) in [6.45, 7) is 1.20. The molecule has 4 amide bonds. The quantitative estimate of drug-likeness (QED) is 0.597. The maximum absolute atomic E-state index is 14.9. The highest BCUT2D eigenvalue weighted by atomic mass is 19.1. The van der Waals surface area contributed by atoms with Gasteiger partial charge in [0.05, 0.1) is 18.5 Å². The van der Waals surface area contributed by atoms with Gasteiger partial charge in [0.2, 0.25) is 17.7 Å². The molecule has 1 aromatic carbocycles. The molecule has 0 aromatic heterocycles. The number of amides is 4. The van der Waals surface area contributed by atoms with Crippen LogP contribution in [0.4, 0.5) is 10.1 Å². The van der Waals surface area contributed by atoms with E-state index in [1.54, 1.807) is 24.3 Å². The summed E-state index contributed by atoms with van der Waals surface area (Å²) >= 11 is 0. The van der Waals surface area contributed by atoms with Crippen LogP contribution in [-0.2, 0) is 19.2 Å². The monoisotopic (exact) mass is 497 g/mol. The van der Waals surface area contributed by atoms with E-state index in [0.717, 1.165) is 24.2 Å². The number of anilines is 1. The molecule has 3 unspecified atom stereocenters. The first-order valence-corrected chi connectivity index (χ1v) is 12.4. The zero-order valence-electron chi connectivity index (χ0n) is 20.6. The van der Waals surface area contributed by atoms with Gasteiger partial charge in [-0.1, -0.05) is 24.6 Å². The van der Waals surface area contributed by atoms with Crippen LogP contribution in [0.15, 0.2) is 30.3 Å². The zero-order valence-corrected chi connectivity index (χ0v) is 20.6. The largest absolute Gasteiger partial charge is 0.342 e. The van der Waals surface area contributed by atoms with Gasteiger partial charge in [-0.15, -0.1) is 0 Å². The van der Waals surface area contributed by atoms with Crippen molar-refractivity contribution in [3.05, 3.63) is 30.3 Å². The molecule has 3 atom stereocenters. The number of hydrogen-bond donors (Lipinski definition) is 2. The summed E-state index contributed by atoms with van der Waals surface area (Å²) in [4.78, 5) is 53.3. The van der Waals surface area contributed by atoms with E-state index in [2.05, 4.69) is 16.7 Å². The molecule has 0 radical (unpaired) electrons. The first kappa shape index (κ1) is 25.6. The second-order valence-corrected chi connectivity index (χ2v) is 10.5. The van der Waals surface area contributed by atoms with Crippen molar-refractivity contribution in [1.29, 1.82) is 5.26 Å². The number of nitrogens with one attached hydrogen (secondary N) is 2. The molecule has 1 spiro atoms. The van der Waals surface area contributed by atoms with E-state index in [1.807, 2.05) is 6.07 Å². The molecule has 10 heteroatoms. The lowest BCUT2D eigenvalue weighted by atomic mass is 9.50. The van der Waals surface area contributed by atoms with E-state index in [4.69, 9.17) is 0 Å². The predicted molar refractivity (Wildman–Crippen MR) is 129 cm³/mol. The summed E-state index contributed by atoms with van der Waals surface area (Å²) in [5.74, 6) is -2.63. The Kier molecular flexibility index (Phi) is 7.03. The van der Waals surface area contributed by atoms with Gasteiger partial charge in [0.15, 0.2) is 5.67 Å². The summed E-state index contributed by atoms with van der Waals surface area (Å²) in [6, 6.07) is 9.18. The van der Waals surface area contributed by atoms with Gasteiger partial charge in [-0.3, -0.25) is 19.2 Å². The van der Waals surface area contributed by atoms with Crippen molar-refractivity contribution >= 4 is 29.3 Å². The first-order valence-electron chi connectivity index (χ1n) is 12.4. The minimum absolute atomic E-state index is 0.0363. The van der Waals surface area contributed by atoms with Gasteiger partial charge < -0.3 is 20.4 Å². The van der Waals surface area contributed by atoms with Crippen LogP contribution in [0, 0.1) is 22.7 Å². The average molecular weight is 498 g/mol. The third-order valence-electron chi connectivity index (χ3n) is 7.78. The Morgan fingerprint density at radius 3 is 2.47 bits per heavy atom. The molecule has 3 aliphatic rings. The van der Waals surface area contributed by atoms with Crippen molar-refractivity contribution in [1.82, 2.24) is 15.1 Å². The van der Waals surface area contributed by atoms with E-state index in [9.17, 15) is 28.8 Å². The Hall–Kier alpha value is -3.48. The topological polar surface area (TPSA) is 123 Å². The van der Waals surface area contributed by atoms with E-state index in [-0.39, 0.29) is 43.7 Å². The number of likely N-dealkylation sites (tertiary alicyclic amines) is 1. The second kappa shape index (κ2) is 9.88. The highest BCUT2D eigenvalue weighted by molar-refractivity contribution is 5.95. The van der Waals surface area contributed by atoms with Gasteiger partial charge in [-0.25, -0.2) is 4.39 Å². The fourth-order valence-corrected chi connectivity index (χ4v) is 5.61. The molecular weight excluding hydrogens is 465 g/mol. The summed E-state index contributed by atoms with van der Waals surface area (Å²) < 4.78 is 14.9. The Balaban J connectivity index is 1.28. The van der Waals surface area contributed by atoms with E-state index in [1.165, 1.54) is 18.9 Å². The van der Waals surface area contributed by atoms with Crippen molar-refractivity contribution in [2.45, 2.75) is 63.2 Å². The Morgan fingerprint density at radius 2 is 1.89 bits per heavy atom. The number of carbonyl (C=O) groups excluding carboxylic acids is 4. The van der Waals surface area contributed by atoms with Crippen molar-refractivity contribution in [2.24, 2.45) is 11.3 Å². The SMILES string of the molecule is CC(NC(=O)C1(F)CC2(CCC2)C1)C(=O)N(C)CC(=O)N1CC(C(=O)Nc2ccccc2)CC1C#N. The first-order chi connectivity index (χ1) is 17.1. The number of rotatable bonds is 7. The smallest absolute Gasteiger partial charge is 0.258 e. The predicted octanol–water partition coefficient (Wildman–Crippen LogP) is 2.00. The number of para-hydroxylation sites is 1. The second-order valence-electron chi connectivity index (χ2n) is 10.5. The molecule has 3 fully saturated rings. The number of nitriles is 1. The molecule has 2 saturated carbocycles. The van der Waals surface area contributed by atoms with E-state index < -0.39 is 41.4 Å². The molecule has 1 aliphatic heterocycles. The number of likely N-dealkylation sites (N-methyl/N-ethyl adjacent to an activating group) is 1. The standard InChI is InChI=1S/C26H32FN5O4/c1-17(29-24(36)26(27)15-25(16-26)9-6-10-25)23(35)31(2)14-21(33)32-13-18(11-20(32)12-28)22(34)30-19-7-4-3-5-8-19/h3-5,7-8,17-18,20H,6,9-11,13-16H2,1-2H3,(H,29,36)(H,30,34). The Bertz CT molecular complexity index is 1080. The molecule has 9 nitrogen and oxygen atoms in total. The highest BCUT2D eigenvalue weighted by Gasteiger charge is 2.61. The lowest BCUT2D eigenvalue weighted by molar-refractivity contribution is -0.163. The number of benzene rings is 1. The van der Waals surface area contributed by atoms with E-state index >= 15 is 0 Å². The molecule has 2 N–H and O–H groups in total. The normalized spacial score (nSPS) is 24.0. The fourth-order valence-electron chi connectivity index (χ4n) is 5.61. The van der Waals surface area contributed by atoms with Gasteiger partial charge in [-0.05, 0) is 56.6 Å². The lowest BCUT2D eigenvalue weighted by Crippen LogP contribution is -2.62. The van der Waals surface area contributed by atoms with Gasteiger partial charge in [0.1, 0.15) is 12.1 Å². The molecule has 192 valence electrons. The molecule has 1 saturated heterocycles.